The first-order chi connectivity index (χ1) is 6.63. The van der Waals surface area contributed by atoms with Gasteiger partial charge in [0.15, 0.2) is 11.5 Å². The molecule has 1 unspecified atom stereocenters. The second kappa shape index (κ2) is 4.83. The summed E-state index contributed by atoms with van der Waals surface area (Å²) in [7, 11) is 0. The number of rotatable bonds is 4. The number of nitrogens with one attached hydrogen (secondary N) is 1. The van der Waals surface area contributed by atoms with E-state index in [1.54, 1.807) is 6.07 Å². The standard InChI is InChI=1S/C10H15NO3/c1-7(6-11-14)4-8-2-3-9(12)10(13)5-8/h2-3,5,7,11-14H,4,6H2,1H3. The molecule has 0 heterocycles. The van der Waals surface area contributed by atoms with Gasteiger partial charge in [-0.2, -0.15) is 0 Å². The molecule has 0 radical (unpaired) electrons. The van der Waals surface area contributed by atoms with Crippen molar-refractivity contribution in [2.75, 3.05) is 6.54 Å². The summed E-state index contributed by atoms with van der Waals surface area (Å²) < 4.78 is 0. The Morgan fingerprint density at radius 3 is 2.57 bits per heavy atom. The maximum Gasteiger partial charge on any atom is 0.157 e. The predicted molar refractivity (Wildman–Crippen MR) is 52.4 cm³/mol. The van der Waals surface area contributed by atoms with E-state index in [-0.39, 0.29) is 17.4 Å². The molecule has 14 heavy (non-hydrogen) atoms. The fraction of sp³-hybridized carbons (Fsp3) is 0.400. The summed E-state index contributed by atoms with van der Waals surface area (Å²) in [5.74, 6) is 0.0530. The maximum absolute atomic E-state index is 9.23. The Morgan fingerprint density at radius 2 is 2.00 bits per heavy atom. The van der Waals surface area contributed by atoms with Gasteiger partial charge in [0.2, 0.25) is 0 Å². The van der Waals surface area contributed by atoms with Crippen LogP contribution in [0.2, 0.25) is 0 Å². The van der Waals surface area contributed by atoms with E-state index in [0.717, 1.165) is 12.0 Å². The molecule has 78 valence electrons. The first-order valence-electron chi connectivity index (χ1n) is 4.51. The maximum atomic E-state index is 9.23. The van der Waals surface area contributed by atoms with Gasteiger partial charge in [0.1, 0.15) is 0 Å². The van der Waals surface area contributed by atoms with Gasteiger partial charge in [0.25, 0.3) is 0 Å². The zero-order valence-electron chi connectivity index (χ0n) is 8.07. The Morgan fingerprint density at radius 1 is 1.29 bits per heavy atom. The minimum absolute atomic E-state index is 0.105. The largest absolute Gasteiger partial charge is 0.504 e. The van der Waals surface area contributed by atoms with Crippen LogP contribution in [0.4, 0.5) is 0 Å². The van der Waals surface area contributed by atoms with Crippen molar-refractivity contribution < 1.29 is 15.4 Å². The number of phenolic OH excluding ortho intramolecular Hbond substituents is 2. The van der Waals surface area contributed by atoms with Gasteiger partial charge in [-0.15, -0.1) is 0 Å². The van der Waals surface area contributed by atoms with Crippen LogP contribution in [0.3, 0.4) is 0 Å². The average molecular weight is 197 g/mol. The molecule has 0 aromatic heterocycles. The van der Waals surface area contributed by atoms with E-state index in [2.05, 4.69) is 5.48 Å². The third-order valence-electron chi connectivity index (χ3n) is 2.06. The van der Waals surface area contributed by atoms with Crippen LogP contribution in [0.1, 0.15) is 12.5 Å². The van der Waals surface area contributed by atoms with E-state index >= 15 is 0 Å². The number of aromatic hydroxyl groups is 2. The lowest BCUT2D eigenvalue weighted by molar-refractivity contribution is 0.151. The highest BCUT2D eigenvalue weighted by Crippen LogP contribution is 2.25. The van der Waals surface area contributed by atoms with Gasteiger partial charge in [0.05, 0.1) is 0 Å². The molecule has 0 spiro atoms. The van der Waals surface area contributed by atoms with Crippen molar-refractivity contribution in [3.05, 3.63) is 23.8 Å². The summed E-state index contributed by atoms with van der Waals surface area (Å²) in [6.07, 6.45) is 0.738. The molecule has 0 aliphatic rings. The summed E-state index contributed by atoms with van der Waals surface area (Å²) in [5.41, 5.74) is 3.04. The van der Waals surface area contributed by atoms with E-state index in [1.165, 1.54) is 12.1 Å². The summed E-state index contributed by atoms with van der Waals surface area (Å²) in [6, 6.07) is 4.75. The molecular weight excluding hydrogens is 182 g/mol. The average Bonchev–Trinajstić information content (AvgIpc) is 2.12. The number of benzene rings is 1. The smallest absolute Gasteiger partial charge is 0.157 e. The van der Waals surface area contributed by atoms with Gasteiger partial charge in [-0.3, -0.25) is 0 Å². The van der Waals surface area contributed by atoms with Crippen molar-refractivity contribution in [1.29, 1.82) is 0 Å². The van der Waals surface area contributed by atoms with Crippen molar-refractivity contribution in [3.8, 4) is 11.5 Å². The van der Waals surface area contributed by atoms with E-state index < -0.39 is 0 Å². The van der Waals surface area contributed by atoms with Crippen molar-refractivity contribution in [1.82, 2.24) is 5.48 Å². The molecule has 0 amide bonds. The van der Waals surface area contributed by atoms with Crippen molar-refractivity contribution in [3.63, 3.8) is 0 Å². The summed E-state index contributed by atoms with van der Waals surface area (Å²) in [5, 5.41) is 26.8. The number of hydrogen-bond donors (Lipinski definition) is 4. The second-order valence-electron chi connectivity index (χ2n) is 3.49. The molecule has 1 aromatic carbocycles. The van der Waals surface area contributed by atoms with Crippen molar-refractivity contribution in [2.24, 2.45) is 5.92 Å². The fourth-order valence-corrected chi connectivity index (χ4v) is 1.33. The molecule has 0 fully saturated rings. The lowest BCUT2D eigenvalue weighted by atomic mass is 10.0. The molecule has 0 saturated heterocycles. The number of hydroxylamine groups is 1. The third kappa shape index (κ3) is 2.90. The van der Waals surface area contributed by atoms with Gasteiger partial charge >= 0.3 is 0 Å². The van der Waals surface area contributed by atoms with Gasteiger partial charge in [-0.1, -0.05) is 13.0 Å². The summed E-state index contributed by atoms with van der Waals surface area (Å²) in [4.78, 5) is 0. The van der Waals surface area contributed by atoms with Crippen LogP contribution >= 0.6 is 0 Å². The number of phenols is 2. The van der Waals surface area contributed by atoms with Crippen molar-refractivity contribution >= 4 is 0 Å². The minimum atomic E-state index is -0.110. The lowest BCUT2D eigenvalue weighted by Gasteiger charge is -2.10. The highest BCUT2D eigenvalue weighted by molar-refractivity contribution is 5.40. The van der Waals surface area contributed by atoms with Crippen LogP contribution in [0.5, 0.6) is 11.5 Å². The molecular formula is C10H15NO3. The quantitative estimate of drug-likeness (QED) is 0.433. The van der Waals surface area contributed by atoms with E-state index in [1.807, 2.05) is 6.92 Å². The lowest BCUT2D eigenvalue weighted by Crippen LogP contribution is -2.18. The zero-order chi connectivity index (χ0) is 10.6. The Labute approximate surface area is 82.8 Å². The van der Waals surface area contributed by atoms with Gasteiger partial charge < -0.3 is 15.4 Å². The van der Waals surface area contributed by atoms with E-state index in [9.17, 15) is 5.11 Å². The molecule has 4 nitrogen and oxygen atoms in total. The first-order valence-corrected chi connectivity index (χ1v) is 4.51. The van der Waals surface area contributed by atoms with Crippen LogP contribution in [0.25, 0.3) is 0 Å². The van der Waals surface area contributed by atoms with Crippen LogP contribution in [-0.4, -0.2) is 22.0 Å². The van der Waals surface area contributed by atoms with Crippen molar-refractivity contribution in [2.45, 2.75) is 13.3 Å². The summed E-state index contributed by atoms with van der Waals surface area (Å²) >= 11 is 0. The van der Waals surface area contributed by atoms with Gasteiger partial charge in [0, 0.05) is 6.54 Å². The minimum Gasteiger partial charge on any atom is -0.504 e. The monoisotopic (exact) mass is 197 g/mol. The molecule has 0 aliphatic heterocycles. The molecule has 4 heteroatoms. The third-order valence-corrected chi connectivity index (χ3v) is 2.06. The fourth-order valence-electron chi connectivity index (χ4n) is 1.33. The van der Waals surface area contributed by atoms with Crippen LogP contribution in [0.15, 0.2) is 18.2 Å². The Balaban J connectivity index is 2.63. The Kier molecular flexibility index (Phi) is 3.73. The predicted octanol–water partition coefficient (Wildman–Crippen LogP) is 1.26. The SMILES string of the molecule is CC(CNO)Cc1ccc(O)c(O)c1. The van der Waals surface area contributed by atoms with Crippen LogP contribution < -0.4 is 5.48 Å². The highest BCUT2D eigenvalue weighted by atomic mass is 16.5. The van der Waals surface area contributed by atoms with E-state index in [0.29, 0.717) is 6.54 Å². The van der Waals surface area contributed by atoms with Crippen LogP contribution in [0, 0.1) is 5.92 Å². The Hall–Kier alpha value is -1.26. The van der Waals surface area contributed by atoms with Gasteiger partial charge in [-0.25, -0.2) is 5.48 Å². The van der Waals surface area contributed by atoms with E-state index in [4.69, 9.17) is 10.3 Å². The first kappa shape index (κ1) is 10.8. The molecule has 0 saturated carbocycles. The summed E-state index contributed by atoms with van der Waals surface area (Å²) in [6.45, 7) is 2.48. The van der Waals surface area contributed by atoms with Gasteiger partial charge in [-0.05, 0) is 30.0 Å². The molecule has 1 atom stereocenters. The zero-order valence-corrected chi connectivity index (χ0v) is 8.07. The molecule has 0 aliphatic carbocycles. The molecule has 0 bridgehead atoms. The van der Waals surface area contributed by atoms with Crippen LogP contribution in [-0.2, 0) is 6.42 Å². The second-order valence-corrected chi connectivity index (χ2v) is 3.49. The number of hydrogen-bond acceptors (Lipinski definition) is 4. The highest BCUT2D eigenvalue weighted by Gasteiger charge is 2.05. The molecule has 1 aromatic rings. The topological polar surface area (TPSA) is 72.7 Å². The normalized spacial score (nSPS) is 12.7. The Bertz CT molecular complexity index is 301. The molecule has 1 rings (SSSR count). The molecule has 4 N–H and O–H groups in total.